The van der Waals surface area contributed by atoms with Gasteiger partial charge in [-0.25, -0.2) is 9.97 Å². The average molecular weight is 325 g/mol. The Bertz CT molecular complexity index is 722. The molecule has 0 aliphatic carbocycles. The number of nitriles is 1. The first-order valence-corrected chi connectivity index (χ1v) is 8.89. The molecule has 0 spiro atoms. The van der Waals surface area contributed by atoms with E-state index < -0.39 is 0 Å². The van der Waals surface area contributed by atoms with E-state index in [9.17, 15) is 0 Å². The molecule has 2 aromatic heterocycles. The van der Waals surface area contributed by atoms with Crippen molar-refractivity contribution in [2.75, 3.05) is 18.4 Å². The highest BCUT2D eigenvalue weighted by Crippen LogP contribution is 2.33. The molecule has 0 saturated carbocycles. The summed E-state index contributed by atoms with van der Waals surface area (Å²) in [5.41, 5.74) is 0.962. The molecule has 0 unspecified atom stereocenters. The summed E-state index contributed by atoms with van der Waals surface area (Å²) >= 11 is 1.47. The van der Waals surface area contributed by atoms with Crippen LogP contribution in [0.25, 0.3) is 10.4 Å². The van der Waals surface area contributed by atoms with Crippen LogP contribution in [-0.2, 0) is 0 Å². The van der Waals surface area contributed by atoms with E-state index in [1.807, 2.05) is 24.5 Å². The van der Waals surface area contributed by atoms with Crippen molar-refractivity contribution in [3.8, 4) is 16.5 Å². The van der Waals surface area contributed by atoms with Crippen molar-refractivity contribution in [3.63, 3.8) is 0 Å². The summed E-state index contributed by atoms with van der Waals surface area (Å²) in [6, 6.07) is 6.93. The van der Waals surface area contributed by atoms with Gasteiger partial charge in [-0.05, 0) is 50.9 Å². The lowest BCUT2D eigenvalue weighted by atomic mass is 9.79. The molecular formula is C17H19N5S. The van der Waals surface area contributed by atoms with E-state index in [0.717, 1.165) is 16.4 Å². The van der Waals surface area contributed by atoms with Crippen molar-refractivity contribution in [2.24, 2.45) is 5.92 Å². The number of aromatic nitrogens is 2. The number of hydrogen-bond donors (Lipinski definition) is 1. The summed E-state index contributed by atoms with van der Waals surface area (Å²) in [7, 11) is 0. The van der Waals surface area contributed by atoms with E-state index in [1.54, 1.807) is 0 Å². The van der Waals surface area contributed by atoms with Crippen molar-refractivity contribution in [2.45, 2.75) is 31.8 Å². The van der Waals surface area contributed by atoms with Crippen LogP contribution >= 0.6 is 11.3 Å². The maximum absolute atomic E-state index is 8.92. The van der Waals surface area contributed by atoms with Gasteiger partial charge in [0.05, 0.1) is 0 Å². The van der Waals surface area contributed by atoms with Crippen LogP contribution in [0.2, 0.25) is 0 Å². The summed E-state index contributed by atoms with van der Waals surface area (Å²) in [4.78, 5) is 13.3. The maximum Gasteiger partial charge on any atom is 0.222 e. The van der Waals surface area contributed by atoms with Gasteiger partial charge in [0.15, 0.2) is 0 Å². The molecule has 3 saturated heterocycles. The van der Waals surface area contributed by atoms with Gasteiger partial charge < -0.3 is 5.32 Å². The zero-order chi connectivity index (χ0) is 15.8. The molecule has 3 aliphatic heterocycles. The Kier molecular flexibility index (Phi) is 3.76. The Labute approximate surface area is 140 Å². The average Bonchev–Trinajstić information content (AvgIpc) is 3.08. The van der Waals surface area contributed by atoms with Crippen molar-refractivity contribution < 1.29 is 0 Å². The molecule has 0 radical (unpaired) electrons. The van der Waals surface area contributed by atoms with Gasteiger partial charge in [-0.3, -0.25) is 4.90 Å². The fourth-order valence-electron chi connectivity index (χ4n) is 3.78. The summed E-state index contributed by atoms with van der Waals surface area (Å²) in [6.45, 7) is 4.75. The molecule has 0 aromatic carbocycles. The molecule has 23 heavy (non-hydrogen) atoms. The molecule has 6 heteroatoms. The maximum atomic E-state index is 8.92. The van der Waals surface area contributed by atoms with Crippen molar-refractivity contribution in [3.05, 3.63) is 29.4 Å². The zero-order valence-corrected chi connectivity index (χ0v) is 13.9. The van der Waals surface area contributed by atoms with E-state index >= 15 is 0 Å². The monoisotopic (exact) mass is 325 g/mol. The molecule has 2 bridgehead atoms. The minimum Gasteiger partial charge on any atom is -0.350 e. The van der Waals surface area contributed by atoms with Gasteiger partial charge in [-0.1, -0.05) is 0 Å². The molecule has 2 atom stereocenters. The lowest BCUT2D eigenvalue weighted by Gasteiger charge is -2.49. The van der Waals surface area contributed by atoms with Crippen LogP contribution in [0.1, 0.15) is 24.6 Å². The van der Waals surface area contributed by atoms with Crippen molar-refractivity contribution >= 4 is 17.3 Å². The second-order valence-corrected chi connectivity index (χ2v) is 7.44. The number of hydrogen-bond acceptors (Lipinski definition) is 6. The Balaban J connectivity index is 1.49. The largest absolute Gasteiger partial charge is 0.350 e. The Hall–Kier alpha value is -1.97. The molecule has 5 nitrogen and oxygen atoms in total. The van der Waals surface area contributed by atoms with Crippen molar-refractivity contribution in [1.29, 1.82) is 5.26 Å². The standard InChI is InChI=1S/C17H19N5S/c1-11-16(12-4-6-22(11)7-5-12)21-17-19-9-13(10-20-17)15-3-2-14(8-18)23-15/h2-3,9-12,16H,4-7H2,1H3,(H,19,20,21)/t11-,16-/m1/s1. The fourth-order valence-corrected chi connectivity index (χ4v) is 4.56. The van der Waals surface area contributed by atoms with E-state index in [-0.39, 0.29) is 0 Å². The van der Waals surface area contributed by atoms with Crippen LogP contribution in [-0.4, -0.2) is 40.0 Å². The fraction of sp³-hybridized carbons (Fsp3) is 0.471. The Morgan fingerprint density at radius 3 is 2.61 bits per heavy atom. The van der Waals surface area contributed by atoms with Crippen LogP contribution in [0.4, 0.5) is 5.95 Å². The molecule has 5 rings (SSSR count). The zero-order valence-electron chi connectivity index (χ0n) is 13.1. The SMILES string of the molecule is C[C@@H]1[C@@H](Nc2ncc(-c3ccc(C#N)s3)cn2)C2CCN1CC2. The lowest BCUT2D eigenvalue weighted by Crippen LogP contribution is -2.59. The predicted molar refractivity (Wildman–Crippen MR) is 91.2 cm³/mol. The Morgan fingerprint density at radius 2 is 2.00 bits per heavy atom. The van der Waals surface area contributed by atoms with E-state index in [1.165, 1.54) is 37.3 Å². The van der Waals surface area contributed by atoms with Crippen LogP contribution in [0.3, 0.4) is 0 Å². The number of thiophene rings is 1. The quantitative estimate of drug-likeness (QED) is 0.940. The number of rotatable bonds is 3. The third-order valence-electron chi connectivity index (χ3n) is 5.13. The Morgan fingerprint density at radius 1 is 1.26 bits per heavy atom. The first kappa shape index (κ1) is 14.6. The van der Waals surface area contributed by atoms with Gasteiger partial charge >= 0.3 is 0 Å². The molecular weight excluding hydrogens is 306 g/mol. The van der Waals surface area contributed by atoms with Gasteiger partial charge in [0.25, 0.3) is 0 Å². The molecule has 5 heterocycles. The highest BCUT2D eigenvalue weighted by atomic mass is 32.1. The molecule has 1 N–H and O–H groups in total. The van der Waals surface area contributed by atoms with E-state index in [4.69, 9.17) is 5.26 Å². The van der Waals surface area contributed by atoms with Crippen LogP contribution in [0, 0.1) is 17.2 Å². The third-order valence-corrected chi connectivity index (χ3v) is 6.17. The first-order valence-electron chi connectivity index (χ1n) is 8.07. The second kappa shape index (κ2) is 5.91. The van der Waals surface area contributed by atoms with Gasteiger partial charge in [-0.15, -0.1) is 11.3 Å². The molecule has 118 valence electrons. The van der Waals surface area contributed by atoms with Crippen LogP contribution < -0.4 is 5.32 Å². The summed E-state index contributed by atoms with van der Waals surface area (Å²) in [5, 5.41) is 12.5. The normalized spacial score (nSPS) is 29.2. The smallest absolute Gasteiger partial charge is 0.222 e. The number of nitrogens with one attached hydrogen (secondary N) is 1. The summed E-state index contributed by atoms with van der Waals surface area (Å²) in [6.07, 6.45) is 6.22. The number of piperidine rings is 3. The number of nitrogens with zero attached hydrogens (tertiary/aromatic N) is 4. The minimum absolute atomic E-state index is 0.440. The molecule has 2 aromatic rings. The van der Waals surface area contributed by atoms with E-state index in [0.29, 0.717) is 22.9 Å². The van der Waals surface area contributed by atoms with E-state index in [2.05, 4.69) is 33.2 Å². The second-order valence-electron chi connectivity index (χ2n) is 6.36. The summed E-state index contributed by atoms with van der Waals surface area (Å²) < 4.78 is 0. The van der Waals surface area contributed by atoms with Gasteiger partial charge in [-0.2, -0.15) is 5.26 Å². The molecule has 3 aliphatic rings. The molecule has 0 amide bonds. The first-order chi connectivity index (χ1) is 11.2. The topological polar surface area (TPSA) is 64.8 Å². The van der Waals surface area contributed by atoms with Crippen LogP contribution in [0.5, 0.6) is 0 Å². The van der Waals surface area contributed by atoms with Gasteiger partial charge in [0.1, 0.15) is 10.9 Å². The van der Waals surface area contributed by atoms with Crippen molar-refractivity contribution in [1.82, 2.24) is 14.9 Å². The van der Waals surface area contributed by atoms with Gasteiger partial charge in [0.2, 0.25) is 5.95 Å². The van der Waals surface area contributed by atoms with Gasteiger partial charge in [0, 0.05) is 34.9 Å². The predicted octanol–water partition coefficient (Wildman–Crippen LogP) is 2.97. The van der Waals surface area contributed by atoms with Crippen LogP contribution in [0.15, 0.2) is 24.5 Å². The summed E-state index contributed by atoms with van der Waals surface area (Å²) in [5.74, 6) is 1.44. The third kappa shape index (κ3) is 2.71. The molecule has 3 fully saturated rings. The number of anilines is 1. The minimum atomic E-state index is 0.440. The highest BCUT2D eigenvalue weighted by molar-refractivity contribution is 7.16. The number of fused-ring (bicyclic) bond motifs is 3. The highest BCUT2D eigenvalue weighted by Gasteiger charge is 2.39. The lowest BCUT2D eigenvalue weighted by molar-refractivity contribution is 0.0455.